The Morgan fingerprint density at radius 3 is 2.52 bits per heavy atom. The number of imide groups is 2. The first-order valence-electron chi connectivity index (χ1n) is 10.6. The van der Waals surface area contributed by atoms with E-state index >= 15 is 0 Å². The van der Waals surface area contributed by atoms with Crippen LogP contribution in [-0.4, -0.2) is 57.9 Å². The highest BCUT2D eigenvalue weighted by Gasteiger charge is 2.70. The third kappa shape index (κ3) is 2.80. The van der Waals surface area contributed by atoms with Crippen molar-refractivity contribution in [2.24, 2.45) is 5.73 Å². The van der Waals surface area contributed by atoms with Crippen LogP contribution in [0.25, 0.3) is 0 Å². The van der Waals surface area contributed by atoms with Crippen LogP contribution in [-0.2, 0) is 20.9 Å². The average Bonchev–Trinajstić information content (AvgIpc) is 3.17. The summed E-state index contributed by atoms with van der Waals surface area (Å²) in [6.45, 7) is 5.13. The number of hydrogen-bond acceptors (Lipinski definition) is 7. The molecule has 4 fully saturated rings. The molecule has 4 heterocycles. The van der Waals surface area contributed by atoms with Crippen LogP contribution in [0, 0.1) is 0 Å². The fraction of sp³-hybridized carbons (Fsp3) is 0.545. The summed E-state index contributed by atoms with van der Waals surface area (Å²) in [7, 11) is 0. The van der Waals surface area contributed by atoms with E-state index in [-0.39, 0.29) is 41.1 Å². The number of hydrogen-bond donors (Lipinski definition) is 3. The van der Waals surface area contributed by atoms with Crippen molar-refractivity contribution in [2.45, 2.75) is 68.9 Å². The first-order chi connectivity index (χ1) is 14.6. The molecule has 0 spiro atoms. The standard InChI is InChI=1S/C22H26N4O5/c1-20(2)22(9-21(10-22,11-23)31-20)24-8-12-3-4-13-14(7-12)19(30)26(18(13)29)15-5-6-16(27)25-17(15)28/h3-4,7,15,24H,5-6,8-11,23H2,1-2H3,(H,25,27,28). The van der Waals surface area contributed by atoms with E-state index in [1.807, 2.05) is 6.07 Å². The van der Waals surface area contributed by atoms with Crippen LogP contribution < -0.4 is 16.4 Å². The van der Waals surface area contributed by atoms with Crippen LogP contribution in [0.4, 0.5) is 0 Å². The van der Waals surface area contributed by atoms with E-state index in [0.29, 0.717) is 18.7 Å². The monoisotopic (exact) mass is 426 g/mol. The van der Waals surface area contributed by atoms with Gasteiger partial charge in [-0.1, -0.05) is 6.07 Å². The van der Waals surface area contributed by atoms with Gasteiger partial charge in [-0.2, -0.15) is 0 Å². The van der Waals surface area contributed by atoms with E-state index in [1.165, 1.54) is 0 Å². The first-order valence-corrected chi connectivity index (χ1v) is 10.6. The number of benzene rings is 1. The Morgan fingerprint density at radius 1 is 1.16 bits per heavy atom. The van der Waals surface area contributed by atoms with Crippen LogP contribution in [0.2, 0.25) is 0 Å². The maximum absolute atomic E-state index is 13.0. The van der Waals surface area contributed by atoms with E-state index in [1.54, 1.807) is 12.1 Å². The Morgan fingerprint density at radius 2 is 1.87 bits per heavy atom. The summed E-state index contributed by atoms with van der Waals surface area (Å²) in [4.78, 5) is 50.4. The SMILES string of the molecule is CC1(C)OC2(CN)CC1(NCc1ccc3c(c1)C(=O)N(C1CCC(=O)NC1=O)C3=O)C2. The van der Waals surface area contributed by atoms with Crippen molar-refractivity contribution in [3.63, 3.8) is 0 Å². The summed E-state index contributed by atoms with van der Waals surface area (Å²) < 4.78 is 6.20. The predicted octanol–water partition coefficient (Wildman–Crippen LogP) is 0.216. The summed E-state index contributed by atoms with van der Waals surface area (Å²) in [6, 6.07) is 4.21. The normalized spacial score (nSPS) is 33.4. The summed E-state index contributed by atoms with van der Waals surface area (Å²) >= 11 is 0. The summed E-state index contributed by atoms with van der Waals surface area (Å²) in [5.74, 6) is -1.99. The molecule has 9 heteroatoms. The molecule has 4 aliphatic heterocycles. The van der Waals surface area contributed by atoms with Gasteiger partial charge in [-0.15, -0.1) is 0 Å². The van der Waals surface area contributed by atoms with Crippen LogP contribution in [0.5, 0.6) is 0 Å². The van der Waals surface area contributed by atoms with Crippen molar-refractivity contribution in [1.82, 2.24) is 15.5 Å². The van der Waals surface area contributed by atoms with Gasteiger partial charge < -0.3 is 15.8 Å². The lowest BCUT2D eigenvalue weighted by Crippen LogP contribution is -2.64. The molecular weight excluding hydrogens is 400 g/mol. The van der Waals surface area contributed by atoms with E-state index in [0.717, 1.165) is 23.3 Å². The Hall–Kier alpha value is -2.62. The maximum Gasteiger partial charge on any atom is 0.262 e. The minimum Gasteiger partial charge on any atom is -0.366 e. The zero-order chi connectivity index (χ0) is 22.2. The van der Waals surface area contributed by atoms with E-state index in [4.69, 9.17) is 10.5 Å². The fourth-order valence-electron chi connectivity index (χ4n) is 5.61. The van der Waals surface area contributed by atoms with Crippen molar-refractivity contribution in [3.8, 4) is 0 Å². The molecule has 1 atom stereocenters. The Bertz CT molecular complexity index is 1030. The molecule has 9 nitrogen and oxygen atoms in total. The smallest absolute Gasteiger partial charge is 0.262 e. The predicted molar refractivity (Wildman–Crippen MR) is 109 cm³/mol. The average molecular weight is 426 g/mol. The van der Waals surface area contributed by atoms with E-state index in [2.05, 4.69) is 24.5 Å². The number of rotatable bonds is 5. The van der Waals surface area contributed by atoms with Gasteiger partial charge in [0.15, 0.2) is 0 Å². The second-order valence-electron chi connectivity index (χ2n) is 9.62. The molecule has 2 bridgehead atoms. The largest absolute Gasteiger partial charge is 0.366 e. The third-order valence-electron chi connectivity index (χ3n) is 7.38. The fourth-order valence-corrected chi connectivity index (χ4v) is 5.61. The number of piperidine rings is 1. The number of nitrogens with one attached hydrogen (secondary N) is 2. The molecule has 1 aromatic carbocycles. The lowest BCUT2D eigenvalue weighted by atomic mass is 9.62. The van der Waals surface area contributed by atoms with Gasteiger partial charge in [-0.3, -0.25) is 29.4 Å². The van der Waals surface area contributed by atoms with Crippen molar-refractivity contribution in [2.75, 3.05) is 6.54 Å². The number of ether oxygens (including phenoxy) is 1. The quantitative estimate of drug-likeness (QED) is 0.574. The van der Waals surface area contributed by atoms with Crippen LogP contribution in [0.15, 0.2) is 18.2 Å². The second kappa shape index (κ2) is 6.44. The molecule has 31 heavy (non-hydrogen) atoms. The summed E-state index contributed by atoms with van der Waals surface area (Å²) in [5, 5.41) is 5.81. The maximum atomic E-state index is 13.0. The molecule has 5 aliphatic rings. The van der Waals surface area contributed by atoms with Gasteiger partial charge in [-0.05, 0) is 50.8 Å². The van der Waals surface area contributed by atoms with Crippen molar-refractivity contribution >= 4 is 23.6 Å². The van der Waals surface area contributed by atoms with Gasteiger partial charge in [0.25, 0.3) is 11.8 Å². The summed E-state index contributed by atoms with van der Waals surface area (Å²) in [6.07, 6.45) is 1.93. The molecule has 0 radical (unpaired) electrons. The highest BCUT2D eigenvalue weighted by Crippen LogP contribution is 2.60. The highest BCUT2D eigenvalue weighted by atomic mass is 16.5. The van der Waals surface area contributed by atoms with Gasteiger partial charge >= 0.3 is 0 Å². The van der Waals surface area contributed by atoms with Gasteiger partial charge in [0.05, 0.1) is 27.9 Å². The van der Waals surface area contributed by atoms with Crippen molar-refractivity contribution < 1.29 is 23.9 Å². The van der Waals surface area contributed by atoms with Gasteiger partial charge in [0.1, 0.15) is 6.04 Å². The minimum absolute atomic E-state index is 0.100. The van der Waals surface area contributed by atoms with E-state index < -0.39 is 23.8 Å². The molecule has 4 amide bonds. The number of nitrogens with zero attached hydrogens (tertiary/aromatic N) is 1. The molecule has 1 aromatic rings. The molecule has 4 N–H and O–H groups in total. The van der Waals surface area contributed by atoms with Crippen LogP contribution >= 0.6 is 0 Å². The zero-order valence-electron chi connectivity index (χ0n) is 17.6. The molecule has 6 rings (SSSR count). The number of carbonyl (C=O) groups is 4. The number of carbonyl (C=O) groups excluding carboxylic acids is 4. The molecule has 164 valence electrons. The first kappa shape index (κ1) is 20.3. The number of amides is 4. The van der Waals surface area contributed by atoms with Gasteiger partial charge in [0.2, 0.25) is 11.8 Å². The Kier molecular flexibility index (Phi) is 4.22. The second-order valence-corrected chi connectivity index (χ2v) is 9.62. The topological polar surface area (TPSA) is 131 Å². The lowest BCUT2D eigenvalue weighted by Gasteiger charge is -2.47. The van der Waals surface area contributed by atoms with Crippen molar-refractivity contribution in [1.29, 1.82) is 0 Å². The summed E-state index contributed by atoms with van der Waals surface area (Å²) in [5.41, 5.74) is 6.57. The van der Waals surface area contributed by atoms with Crippen LogP contribution in [0.3, 0.4) is 0 Å². The molecular formula is C22H26N4O5. The third-order valence-corrected chi connectivity index (χ3v) is 7.38. The number of fused-ring (bicyclic) bond motifs is 2. The molecule has 3 saturated heterocycles. The minimum atomic E-state index is -0.957. The van der Waals surface area contributed by atoms with E-state index in [9.17, 15) is 19.2 Å². The van der Waals surface area contributed by atoms with Gasteiger partial charge in [0, 0.05) is 19.5 Å². The zero-order valence-corrected chi connectivity index (χ0v) is 17.6. The molecule has 1 aliphatic carbocycles. The molecule has 1 saturated carbocycles. The molecule has 0 aromatic heterocycles. The Labute approximate surface area is 179 Å². The Balaban J connectivity index is 1.33. The van der Waals surface area contributed by atoms with Crippen molar-refractivity contribution in [3.05, 3.63) is 34.9 Å². The van der Waals surface area contributed by atoms with Crippen LogP contribution in [0.1, 0.15) is 65.8 Å². The lowest BCUT2D eigenvalue weighted by molar-refractivity contribution is -0.136. The van der Waals surface area contributed by atoms with Gasteiger partial charge in [-0.25, -0.2) is 0 Å². The number of nitrogens with two attached hydrogens (primary N) is 1. The molecule has 1 unspecified atom stereocenters. The highest BCUT2D eigenvalue weighted by molar-refractivity contribution is 6.23.